The fraction of sp³-hybridized carbons (Fsp3) is 0. The van der Waals surface area contributed by atoms with Gasteiger partial charge in [0.25, 0.3) is 0 Å². The predicted molar refractivity (Wildman–Crippen MR) is 136 cm³/mol. The van der Waals surface area contributed by atoms with Crippen molar-refractivity contribution in [3.63, 3.8) is 0 Å². The molecule has 0 saturated carbocycles. The van der Waals surface area contributed by atoms with Gasteiger partial charge in [0.2, 0.25) is 0 Å². The van der Waals surface area contributed by atoms with Crippen LogP contribution in [0, 0.1) is 0 Å². The van der Waals surface area contributed by atoms with Crippen LogP contribution in [0.5, 0.6) is 0 Å². The lowest BCUT2D eigenvalue weighted by molar-refractivity contribution is 1.36. The third-order valence-electron chi connectivity index (χ3n) is 7.05. The summed E-state index contributed by atoms with van der Waals surface area (Å²) in [6.07, 6.45) is 0. The van der Waals surface area contributed by atoms with Crippen molar-refractivity contribution < 1.29 is 0 Å². The molecule has 0 atom stereocenters. The molecule has 3 aromatic heterocycles. The number of hydrogen-bond donors (Lipinski definition) is 1. The number of nitrogens with one attached hydrogen (secondary N) is 1. The largest absolute Gasteiger partial charge is 0.354 e. The first-order chi connectivity index (χ1) is 15.9. The third kappa shape index (κ3) is 1.91. The van der Waals surface area contributed by atoms with Crippen molar-refractivity contribution in [2.45, 2.75) is 0 Å². The van der Waals surface area contributed by atoms with Crippen LogP contribution in [0.1, 0.15) is 0 Å². The van der Waals surface area contributed by atoms with Crippen LogP contribution in [0.2, 0.25) is 0 Å². The molecule has 2 heteroatoms. The van der Waals surface area contributed by atoms with Gasteiger partial charge >= 0.3 is 0 Å². The first-order valence-electron chi connectivity index (χ1n) is 11.1. The summed E-state index contributed by atoms with van der Waals surface area (Å²) in [5.74, 6) is 0. The predicted octanol–water partition coefficient (Wildman–Crippen LogP) is 8.14. The van der Waals surface area contributed by atoms with Crippen LogP contribution in [0.25, 0.3) is 71.0 Å². The normalized spacial score (nSPS) is 12.4. The van der Waals surface area contributed by atoms with Crippen LogP contribution in [0.15, 0.2) is 103 Å². The highest BCUT2D eigenvalue weighted by Gasteiger charge is 2.18. The zero-order chi connectivity index (χ0) is 20.8. The van der Waals surface area contributed by atoms with Gasteiger partial charge in [0.15, 0.2) is 0 Å². The van der Waals surface area contributed by atoms with Crippen molar-refractivity contribution in [2.24, 2.45) is 0 Å². The summed E-state index contributed by atoms with van der Waals surface area (Å²) in [6, 6.07) is 37.5. The maximum absolute atomic E-state index is 3.65. The van der Waals surface area contributed by atoms with Gasteiger partial charge in [0, 0.05) is 38.0 Å². The fourth-order valence-corrected chi connectivity index (χ4v) is 5.73. The van der Waals surface area contributed by atoms with Crippen LogP contribution < -0.4 is 0 Å². The average molecular weight is 406 g/mol. The van der Waals surface area contributed by atoms with Crippen molar-refractivity contribution in [1.82, 2.24) is 9.38 Å². The zero-order valence-corrected chi connectivity index (χ0v) is 17.3. The number of fused-ring (bicyclic) bond motifs is 5. The summed E-state index contributed by atoms with van der Waals surface area (Å²) < 4.78 is 2.49. The van der Waals surface area contributed by atoms with E-state index in [2.05, 4.69) is 113 Å². The molecular weight excluding hydrogens is 388 g/mol. The number of hydrogen-bond acceptors (Lipinski definition) is 0. The Labute approximate surface area is 183 Å². The molecule has 0 amide bonds. The fourth-order valence-electron chi connectivity index (χ4n) is 5.73. The lowest BCUT2D eigenvalue weighted by atomic mass is 10.0. The number of nitrogens with zero attached hydrogens (tertiary/aromatic N) is 1. The lowest BCUT2D eigenvalue weighted by Gasteiger charge is -2.04. The highest BCUT2D eigenvalue weighted by atomic mass is 14.9. The Bertz CT molecular complexity index is 1970. The average Bonchev–Trinajstić information content (AvgIpc) is 3.35. The summed E-state index contributed by atoms with van der Waals surface area (Å²) in [7, 11) is 0. The molecule has 0 spiro atoms. The van der Waals surface area contributed by atoms with E-state index >= 15 is 0 Å². The maximum atomic E-state index is 3.65. The number of rotatable bonds is 1. The van der Waals surface area contributed by atoms with Crippen molar-refractivity contribution >= 4 is 59.9 Å². The molecule has 0 fully saturated rings. The highest BCUT2D eigenvalue weighted by molar-refractivity contribution is 6.30. The summed E-state index contributed by atoms with van der Waals surface area (Å²) in [4.78, 5) is 3.65. The minimum absolute atomic E-state index is 1.19. The second-order valence-electron chi connectivity index (χ2n) is 8.69. The minimum atomic E-state index is 1.19. The Morgan fingerprint density at radius 2 is 1.19 bits per heavy atom. The molecule has 0 aliphatic rings. The van der Waals surface area contributed by atoms with Crippen LogP contribution in [-0.2, 0) is 0 Å². The van der Waals surface area contributed by atoms with Gasteiger partial charge in [-0.25, -0.2) is 0 Å². The number of aromatic amines is 1. The smallest absolute Gasteiger partial charge is 0.0619 e. The zero-order valence-electron chi connectivity index (χ0n) is 17.3. The van der Waals surface area contributed by atoms with Crippen LogP contribution in [0.3, 0.4) is 0 Å². The molecular formula is C30H18N2. The van der Waals surface area contributed by atoms with Gasteiger partial charge in [0.1, 0.15) is 0 Å². The van der Waals surface area contributed by atoms with E-state index in [4.69, 9.17) is 0 Å². The second kappa shape index (κ2) is 5.68. The van der Waals surface area contributed by atoms with E-state index in [1.165, 1.54) is 71.0 Å². The Kier molecular flexibility index (Phi) is 2.91. The van der Waals surface area contributed by atoms with E-state index < -0.39 is 0 Å². The molecule has 1 N–H and O–H groups in total. The summed E-state index contributed by atoms with van der Waals surface area (Å²) >= 11 is 0. The standard InChI is InChI=1S/C30H18N2/c1-2-7-18(8-3-1)19-15-16-20-22-10-4-11-23-21-9-5-12-24-28(21)29-25(31-24)13-6-14-26(29)32(30(22)23)27(20)17-19/h1-17,31H. The first kappa shape index (κ1) is 16.4. The van der Waals surface area contributed by atoms with Gasteiger partial charge in [-0.05, 0) is 40.8 Å². The van der Waals surface area contributed by atoms with Crippen molar-refractivity contribution in [1.29, 1.82) is 0 Å². The molecule has 8 rings (SSSR count). The molecule has 0 radical (unpaired) electrons. The Balaban J connectivity index is 1.73. The molecule has 148 valence electrons. The van der Waals surface area contributed by atoms with Gasteiger partial charge in [0.05, 0.1) is 16.6 Å². The van der Waals surface area contributed by atoms with Gasteiger partial charge < -0.3 is 9.38 Å². The quantitative estimate of drug-likeness (QED) is 0.284. The first-order valence-corrected chi connectivity index (χ1v) is 11.1. The van der Waals surface area contributed by atoms with Crippen molar-refractivity contribution in [3.8, 4) is 11.1 Å². The van der Waals surface area contributed by atoms with Crippen molar-refractivity contribution in [2.75, 3.05) is 0 Å². The highest BCUT2D eigenvalue weighted by Crippen LogP contribution is 2.42. The molecule has 3 heterocycles. The maximum Gasteiger partial charge on any atom is 0.0619 e. The Morgan fingerprint density at radius 3 is 2.06 bits per heavy atom. The molecule has 2 nitrogen and oxygen atoms in total. The summed E-state index contributed by atoms with van der Waals surface area (Å²) in [5.41, 5.74) is 8.66. The number of aromatic nitrogens is 2. The third-order valence-corrected chi connectivity index (χ3v) is 7.05. The van der Waals surface area contributed by atoms with Crippen LogP contribution >= 0.6 is 0 Å². The molecule has 0 saturated heterocycles. The van der Waals surface area contributed by atoms with Crippen LogP contribution in [-0.4, -0.2) is 9.38 Å². The summed E-state index contributed by atoms with van der Waals surface area (Å²) in [6.45, 7) is 0. The Morgan fingerprint density at radius 1 is 0.469 bits per heavy atom. The van der Waals surface area contributed by atoms with E-state index in [1.54, 1.807) is 0 Å². The molecule has 0 aliphatic heterocycles. The minimum Gasteiger partial charge on any atom is -0.354 e. The molecule has 0 aliphatic carbocycles. The van der Waals surface area contributed by atoms with Crippen LogP contribution in [0.4, 0.5) is 0 Å². The van der Waals surface area contributed by atoms with E-state index in [0.717, 1.165) is 0 Å². The SMILES string of the molecule is c1ccc(-c2ccc3c4cccc5c6cccc7[nH]c8cccc(c8c76)n(c3c2)c54)cc1. The topological polar surface area (TPSA) is 20.2 Å². The van der Waals surface area contributed by atoms with E-state index in [-0.39, 0.29) is 0 Å². The van der Waals surface area contributed by atoms with Gasteiger partial charge in [-0.2, -0.15) is 0 Å². The van der Waals surface area contributed by atoms with Gasteiger partial charge in [-0.15, -0.1) is 0 Å². The Hall–Kier alpha value is -4.30. The van der Waals surface area contributed by atoms with Gasteiger partial charge in [-0.3, -0.25) is 0 Å². The number of para-hydroxylation sites is 1. The second-order valence-corrected chi connectivity index (χ2v) is 8.69. The molecule has 0 unspecified atom stereocenters. The molecule has 0 bridgehead atoms. The monoisotopic (exact) mass is 406 g/mol. The van der Waals surface area contributed by atoms with E-state index in [0.29, 0.717) is 0 Å². The van der Waals surface area contributed by atoms with E-state index in [9.17, 15) is 0 Å². The number of H-pyrrole nitrogens is 1. The lowest BCUT2D eigenvalue weighted by Crippen LogP contribution is -1.86. The molecule has 32 heavy (non-hydrogen) atoms. The summed E-state index contributed by atoms with van der Waals surface area (Å²) in [5, 5.41) is 7.82. The molecule has 5 aromatic carbocycles. The molecule has 8 aromatic rings. The number of benzene rings is 5. The van der Waals surface area contributed by atoms with Crippen molar-refractivity contribution in [3.05, 3.63) is 103 Å². The van der Waals surface area contributed by atoms with Gasteiger partial charge in [-0.1, -0.05) is 78.9 Å². The van der Waals surface area contributed by atoms with E-state index in [1.807, 2.05) is 0 Å².